The number of nitrogens with one attached hydrogen (secondary N) is 1. The molecule has 7 heteroatoms. The lowest BCUT2D eigenvalue weighted by atomic mass is 9.88. The van der Waals surface area contributed by atoms with Gasteiger partial charge in [-0.05, 0) is 49.3 Å². The van der Waals surface area contributed by atoms with E-state index >= 15 is 0 Å². The molecule has 1 N–H and O–H groups in total. The molecule has 0 aliphatic carbocycles. The summed E-state index contributed by atoms with van der Waals surface area (Å²) in [6, 6.07) is 6.12. The zero-order valence-electron chi connectivity index (χ0n) is 15.0. The molecule has 4 rings (SSSR count). The molecule has 2 fully saturated rings. The van der Waals surface area contributed by atoms with Gasteiger partial charge in [-0.3, -0.25) is 24.4 Å². The van der Waals surface area contributed by atoms with Crippen molar-refractivity contribution in [3.8, 4) is 0 Å². The van der Waals surface area contributed by atoms with Crippen LogP contribution in [0.1, 0.15) is 60.0 Å². The zero-order valence-corrected chi connectivity index (χ0v) is 16.1. The fourth-order valence-electron chi connectivity index (χ4n) is 4.28. The smallest absolute Gasteiger partial charge is 0.255 e. The fourth-order valence-corrected chi connectivity index (χ4v) is 4.58. The van der Waals surface area contributed by atoms with E-state index in [-0.39, 0.29) is 24.1 Å². The van der Waals surface area contributed by atoms with E-state index in [0.717, 1.165) is 31.5 Å². The number of hydrogen-bond donors (Lipinski definition) is 1. The van der Waals surface area contributed by atoms with E-state index in [9.17, 15) is 14.4 Å². The number of imide groups is 1. The van der Waals surface area contributed by atoms with Crippen LogP contribution >= 0.6 is 9.39 Å². The van der Waals surface area contributed by atoms with Gasteiger partial charge in [-0.25, -0.2) is 0 Å². The molecule has 138 valence electrons. The SMILES string of the molecule is CC1(N2Cc3cc(C4CCN(P)CC4)ccc3C2=O)CCC(=O)NC1=O. The summed E-state index contributed by atoms with van der Waals surface area (Å²) >= 11 is 0. The third-order valence-electron chi connectivity index (χ3n) is 6.11. The Balaban J connectivity index is 1.58. The van der Waals surface area contributed by atoms with E-state index in [4.69, 9.17) is 0 Å². The van der Waals surface area contributed by atoms with Gasteiger partial charge >= 0.3 is 0 Å². The van der Waals surface area contributed by atoms with Crippen molar-refractivity contribution < 1.29 is 14.4 Å². The van der Waals surface area contributed by atoms with Crippen molar-refractivity contribution in [3.63, 3.8) is 0 Å². The third-order valence-corrected chi connectivity index (χ3v) is 6.63. The molecule has 0 saturated carbocycles. The molecular formula is C19H24N3O3P. The van der Waals surface area contributed by atoms with Gasteiger partial charge in [0, 0.05) is 31.6 Å². The average molecular weight is 373 g/mol. The number of benzene rings is 1. The number of fused-ring (bicyclic) bond motifs is 1. The van der Waals surface area contributed by atoms with Crippen molar-refractivity contribution in [3.05, 3.63) is 34.9 Å². The predicted octanol–water partition coefficient (Wildman–Crippen LogP) is 1.81. The minimum absolute atomic E-state index is 0.113. The summed E-state index contributed by atoms with van der Waals surface area (Å²) in [5, 5.41) is 2.38. The largest absolute Gasteiger partial charge is 0.320 e. The van der Waals surface area contributed by atoms with E-state index in [2.05, 4.69) is 31.5 Å². The fraction of sp³-hybridized carbons (Fsp3) is 0.526. The van der Waals surface area contributed by atoms with Gasteiger partial charge in [0.2, 0.25) is 5.91 Å². The van der Waals surface area contributed by atoms with Crippen LogP contribution in [0, 0.1) is 0 Å². The highest BCUT2D eigenvalue weighted by atomic mass is 31.0. The number of amides is 3. The molecule has 2 unspecified atom stereocenters. The maximum absolute atomic E-state index is 12.9. The monoisotopic (exact) mass is 373 g/mol. The molecule has 0 spiro atoms. The lowest BCUT2D eigenvalue weighted by Gasteiger charge is -2.39. The van der Waals surface area contributed by atoms with Crippen molar-refractivity contribution in [2.75, 3.05) is 13.1 Å². The summed E-state index contributed by atoms with van der Waals surface area (Å²) in [7, 11) is 2.76. The Kier molecular flexibility index (Phi) is 4.36. The molecular weight excluding hydrogens is 349 g/mol. The first-order valence-electron chi connectivity index (χ1n) is 9.17. The maximum Gasteiger partial charge on any atom is 0.255 e. The molecule has 1 aromatic carbocycles. The van der Waals surface area contributed by atoms with Crippen LogP contribution in [0.3, 0.4) is 0 Å². The predicted molar refractivity (Wildman–Crippen MR) is 100 cm³/mol. The topological polar surface area (TPSA) is 69.7 Å². The molecule has 3 amide bonds. The number of carbonyl (C=O) groups is 3. The Morgan fingerprint density at radius 1 is 1.19 bits per heavy atom. The number of hydrogen-bond acceptors (Lipinski definition) is 4. The van der Waals surface area contributed by atoms with Crippen LogP contribution in [0.4, 0.5) is 0 Å². The second-order valence-electron chi connectivity index (χ2n) is 7.77. The second-order valence-corrected chi connectivity index (χ2v) is 8.50. The van der Waals surface area contributed by atoms with E-state index in [0.29, 0.717) is 24.4 Å². The van der Waals surface area contributed by atoms with Gasteiger partial charge in [-0.1, -0.05) is 21.5 Å². The summed E-state index contributed by atoms with van der Waals surface area (Å²) in [6.07, 6.45) is 2.86. The Morgan fingerprint density at radius 3 is 2.62 bits per heavy atom. The minimum atomic E-state index is -0.963. The average Bonchev–Trinajstić information content (AvgIpc) is 2.96. The summed E-state index contributed by atoms with van der Waals surface area (Å²) in [6.45, 7) is 4.31. The third kappa shape index (κ3) is 2.85. The molecule has 2 atom stereocenters. The molecule has 6 nitrogen and oxygen atoms in total. The van der Waals surface area contributed by atoms with Crippen LogP contribution in [0.15, 0.2) is 18.2 Å². The number of carbonyl (C=O) groups excluding carboxylic acids is 3. The first kappa shape index (κ1) is 17.6. The van der Waals surface area contributed by atoms with Gasteiger partial charge in [0.05, 0.1) is 0 Å². The van der Waals surface area contributed by atoms with Crippen molar-refractivity contribution in [1.29, 1.82) is 0 Å². The van der Waals surface area contributed by atoms with E-state index in [1.807, 2.05) is 6.07 Å². The molecule has 1 aromatic rings. The van der Waals surface area contributed by atoms with Crippen LogP contribution in [0.25, 0.3) is 0 Å². The Morgan fingerprint density at radius 2 is 1.92 bits per heavy atom. The Hall–Kier alpha value is -1.78. The second kappa shape index (κ2) is 6.43. The summed E-state index contributed by atoms with van der Waals surface area (Å²) in [5.41, 5.74) is 1.99. The molecule has 26 heavy (non-hydrogen) atoms. The normalized spacial score (nSPS) is 27.6. The zero-order chi connectivity index (χ0) is 18.5. The quantitative estimate of drug-likeness (QED) is 0.634. The molecule has 3 aliphatic rings. The highest BCUT2D eigenvalue weighted by Gasteiger charge is 2.48. The molecule has 2 saturated heterocycles. The minimum Gasteiger partial charge on any atom is -0.320 e. The summed E-state index contributed by atoms with van der Waals surface area (Å²) < 4.78 is 2.26. The summed E-state index contributed by atoms with van der Waals surface area (Å²) in [5.74, 6) is -0.229. The Labute approximate surface area is 155 Å². The van der Waals surface area contributed by atoms with Gasteiger partial charge in [0.1, 0.15) is 5.54 Å². The van der Waals surface area contributed by atoms with Crippen LogP contribution in [-0.4, -0.2) is 45.9 Å². The van der Waals surface area contributed by atoms with Crippen molar-refractivity contribution in [2.24, 2.45) is 0 Å². The molecule has 0 aromatic heterocycles. The highest BCUT2D eigenvalue weighted by molar-refractivity contribution is 7.13. The first-order valence-corrected chi connectivity index (χ1v) is 9.69. The van der Waals surface area contributed by atoms with Gasteiger partial charge in [-0.2, -0.15) is 0 Å². The lowest BCUT2D eigenvalue weighted by Crippen LogP contribution is -2.61. The van der Waals surface area contributed by atoms with Crippen molar-refractivity contribution in [2.45, 2.75) is 50.6 Å². The van der Waals surface area contributed by atoms with E-state index in [1.54, 1.807) is 11.8 Å². The molecule has 3 heterocycles. The Bertz CT molecular complexity index is 788. The highest BCUT2D eigenvalue weighted by Crippen LogP contribution is 2.37. The van der Waals surface area contributed by atoms with Gasteiger partial charge in [0.25, 0.3) is 11.8 Å². The molecule has 0 bridgehead atoms. The molecule has 3 aliphatic heterocycles. The van der Waals surface area contributed by atoms with E-state index < -0.39 is 5.54 Å². The number of rotatable bonds is 2. The van der Waals surface area contributed by atoms with Gasteiger partial charge < -0.3 is 4.90 Å². The van der Waals surface area contributed by atoms with E-state index in [1.165, 1.54) is 5.56 Å². The van der Waals surface area contributed by atoms with Crippen LogP contribution in [-0.2, 0) is 16.1 Å². The van der Waals surface area contributed by atoms with Gasteiger partial charge in [0.15, 0.2) is 0 Å². The van der Waals surface area contributed by atoms with Crippen molar-refractivity contribution >= 4 is 27.1 Å². The van der Waals surface area contributed by atoms with Crippen LogP contribution < -0.4 is 5.32 Å². The number of nitrogens with zero attached hydrogens (tertiary/aromatic N) is 2. The number of piperidine rings is 2. The first-order chi connectivity index (χ1) is 12.4. The van der Waals surface area contributed by atoms with Gasteiger partial charge in [-0.15, -0.1) is 0 Å². The molecule has 0 radical (unpaired) electrons. The van der Waals surface area contributed by atoms with Crippen LogP contribution in [0.2, 0.25) is 0 Å². The lowest BCUT2D eigenvalue weighted by molar-refractivity contribution is -0.142. The van der Waals surface area contributed by atoms with Crippen LogP contribution in [0.5, 0.6) is 0 Å². The van der Waals surface area contributed by atoms with Crippen molar-refractivity contribution in [1.82, 2.24) is 14.9 Å². The maximum atomic E-state index is 12.9. The summed E-state index contributed by atoms with van der Waals surface area (Å²) in [4.78, 5) is 38.4. The standard InChI is InChI=1S/C19H24N3O3P/c1-19(7-4-16(23)20-18(19)25)22-11-14-10-13(2-3-15(14)17(22)24)12-5-8-21(26)9-6-12/h2-3,10,12H,4-9,11,26H2,1H3,(H,20,23,25).